The average Bonchev–Trinajstić information content (AvgIpc) is 3.12. The van der Waals surface area contributed by atoms with Crippen molar-refractivity contribution in [1.29, 1.82) is 0 Å². The molecule has 0 saturated carbocycles. The molecule has 2 aromatic heterocycles. The van der Waals surface area contributed by atoms with E-state index in [1.807, 2.05) is 44.2 Å². The van der Waals surface area contributed by atoms with Gasteiger partial charge >= 0.3 is 0 Å². The predicted octanol–water partition coefficient (Wildman–Crippen LogP) is 1.50. The molecule has 0 bridgehead atoms. The number of hydrogen-bond donors (Lipinski definition) is 1. The van der Waals surface area contributed by atoms with Crippen LogP contribution in [-0.4, -0.2) is 63.1 Å². The number of piperazine rings is 1. The summed E-state index contributed by atoms with van der Waals surface area (Å²) in [6.07, 6.45) is 1.52. The normalized spacial score (nSPS) is 15.3. The van der Waals surface area contributed by atoms with Gasteiger partial charge in [0.2, 0.25) is 5.91 Å². The van der Waals surface area contributed by atoms with Gasteiger partial charge in [-0.2, -0.15) is 14.6 Å². The molecule has 0 aliphatic carbocycles. The highest BCUT2D eigenvalue weighted by Crippen LogP contribution is 2.18. The summed E-state index contributed by atoms with van der Waals surface area (Å²) in [6.45, 7) is 7.69. The van der Waals surface area contributed by atoms with Crippen molar-refractivity contribution in [2.45, 2.75) is 13.8 Å². The van der Waals surface area contributed by atoms with Crippen molar-refractivity contribution < 1.29 is 4.79 Å². The van der Waals surface area contributed by atoms with E-state index < -0.39 is 0 Å². The van der Waals surface area contributed by atoms with Gasteiger partial charge in [-0.25, -0.2) is 4.98 Å². The summed E-state index contributed by atoms with van der Waals surface area (Å²) in [5, 5.41) is 7.24. The zero-order chi connectivity index (χ0) is 18.8. The Morgan fingerprint density at radius 1 is 1.11 bits per heavy atom. The van der Waals surface area contributed by atoms with Gasteiger partial charge in [-0.05, 0) is 26.0 Å². The minimum absolute atomic E-state index is 0.0192. The highest BCUT2D eigenvalue weighted by molar-refractivity contribution is 5.92. The smallest absolute Gasteiger partial charge is 0.254 e. The number of carbonyl (C=O) groups excluding carboxylic acids is 1. The van der Waals surface area contributed by atoms with Gasteiger partial charge in [-0.3, -0.25) is 9.69 Å². The van der Waals surface area contributed by atoms with Gasteiger partial charge in [0.1, 0.15) is 12.1 Å². The van der Waals surface area contributed by atoms with E-state index in [9.17, 15) is 4.79 Å². The predicted molar refractivity (Wildman–Crippen MR) is 104 cm³/mol. The number of nitrogens with one attached hydrogen (secondary N) is 1. The number of hydrogen-bond acceptors (Lipinski definition) is 6. The number of anilines is 2. The molecule has 0 atom stereocenters. The summed E-state index contributed by atoms with van der Waals surface area (Å²) in [5.41, 5.74) is 2.94. The third-order valence-electron chi connectivity index (χ3n) is 4.76. The van der Waals surface area contributed by atoms with Crippen LogP contribution in [0, 0.1) is 13.8 Å². The monoisotopic (exact) mass is 365 g/mol. The Balaban J connectivity index is 1.35. The molecule has 27 heavy (non-hydrogen) atoms. The number of amides is 1. The highest BCUT2D eigenvalue weighted by Gasteiger charge is 2.21. The van der Waals surface area contributed by atoms with Crippen LogP contribution in [0.1, 0.15) is 11.3 Å². The Labute approximate surface area is 157 Å². The number of benzene rings is 1. The maximum atomic E-state index is 12.3. The molecule has 8 nitrogen and oxygen atoms in total. The first-order valence-corrected chi connectivity index (χ1v) is 9.10. The molecule has 0 spiro atoms. The van der Waals surface area contributed by atoms with Crippen molar-refractivity contribution in [2.24, 2.45) is 0 Å². The fraction of sp³-hybridized carbons (Fsp3) is 0.368. The van der Waals surface area contributed by atoms with E-state index >= 15 is 0 Å². The molecule has 1 aliphatic heterocycles. The third-order valence-corrected chi connectivity index (χ3v) is 4.76. The lowest BCUT2D eigenvalue weighted by atomic mass is 10.2. The van der Waals surface area contributed by atoms with Crippen LogP contribution in [-0.2, 0) is 4.79 Å². The minimum Gasteiger partial charge on any atom is -0.354 e. The Morgan fingerprint density at radius 2 is 1.85 bits per heavy atom. The molecule has 8 heteroatoms. The summed E-state index contributed by atoms with van der Waals surface area (Å²) in [7, 11) is 0. The summed E-state index contributed by atoms with van der Waals surface area (Å²) in [4.78, 5) is 25.3. The van der Waals surface area contributed by atoms with Crippen molar-refractivity contribution in [3.05, 3.63) is 47.9 Å². The maximum Gasteiger partial charge on any atom is 0.254 e. The average molecular weight is 365 g/mol. The van der Waals surface area contributed by atoms with E-state index in [0.29, 0.717) is 12.3 Å². The molecule has 1 saturated heterocycles. The van der Waals surface area contributed by atoms with E-state index in [0.717, 1.165) is 43.4 Å². The Kier molecular flexibility index (Phi) is 4.72. The molecular formula is C19H23N7O. The van der Waals surface area contributed by atoms with E-state index in [4.69, 9.17) is 0 Å². The molecule has 4 rings (SSSR count). The van der Waals surface area contributed by atoms with Gasteiger partial charge in [0, 0.05) is 43.6 Å². The fourth-order valence-corrected chi connectivity index (χ4v) is 3.31. The minimum atomic E-state index is 0.0192. The van der Waals surface area contributed by atoms with Crippen LogP contribution < -0.4 is 10.2 Å². The van der Waals surface area contributed by atoms with E-state index in [1.165, 1.54) is 11.9 Å². The first kappa shape index (κ1) is 17.4. The molecule has 0 unspecified atom stereocenters. The van der Waals surface area contributed by atoms with Crippen LogP contribution in [0.4, 0.5) is 11.5 Å². The number of fused-ring (bicyclic) bond motifs is 1. The van der Waals surface area contributed by atoms with Crippen LogP contribution in [0.5, 0.6) is 0 Å². The third kappa shape index (κ3) is 3.90. The van der Waals surface area contributed by atoms with Gasteiger partial charge in [0.05, 0.1) is 6.54 Å². The first-order valence-electron chi connectivity index (χ1n) is 9.10. The van der Waals surface area contributed by atoms with E-state index in [-0.39, 0.29) is 5.91 Å². The van der Waals surface area contributed by atoms with Crippen LogP contribution in [0.2, 0.25) is 0 Å². The zero-order valence-corrected chi connectivity index (χ0v) is 15.6. The van der Waals surface area contributed by atoms with Gasteiger partial charge in [-0.1, -0.05) is 17.7 Å². The maximum absolute atomic E-state index is 12.3. The van der Waals surface area contributed by atoms with Crippen LogP contribution >= 0.6 is 0 Å². The number of aryl methyl sites for hydroxylation is 2. The van der Waals surface area contributed by atoms with Crippen molar-refractivity contribution in [3.8, 4) is 0 Å². The Bertz CT molecular complexity index is 942. The second-order valence-corrected chi connectivity index (χ2v) is 6.90. The highest BCUT2D eigenvalue weighted by atomic mass is 16.2. The van der Waals surface area contributed by atoms with Crippen molar-refractivity contribution in [2.75, 3.05) is 42.9 Å². The van der Waals surface area contributed by atoms with Gasteiger partial charge < -0.3 is 10.2 Å². The van der Waals surface area contributed by atoms with Gasteiger partial charge in [0.25, 0.3) is 5.78 Å². The first-order chi connectivity index (χ1) is 13.1. The lowest BCUT2D eigenvalue weighted by Crippen LogP contribution is -2.49. The molecule has 1 aromatic carbocycles. The fourth-order valence-electron chi connectivity index (χ4n) is 3.31. The summed E-state index contributed by atoms with van der Waals surface area (Å²) >= 11 is 0. The number of nitrogens with zero attached hydrogens (tertiary/aromatic N) is 6. The summed E-state index contributed by atoms with van der Waals surface area (Å²) in [6, 6.07) is 9.88. The molecule has 3 aromatic rings. The lowest BCUT2D eigenvalue weighted by molar-refractivity contribution is -0.117. The van der Waals surface area contributed by atoms with E-state index in [1.54, 1.807) is 4.52 Å². The van der Waals surface area contributed by atoms with Crippen molar-refractivity contribution in [1.82, 2.24) is 24.5 Å². The standard InChI is InChI=1S/C19H23N7O/c1-14-3-5-16(6-4-14)23-17(27)12-24-7-9-25(10-8-24)18-11-15(2)22-19-20-13-21-26(18)19/h3-6,11,13H,7-10,12H2,1-2H3,(H,23,27). The number of carbonyl (C=O) groups is 1. The molecule has 1 aliphatic rings. The van der Waals surface area contributed by atoms with Gasteiger partial charge in [0.15, 0.2) is 0 Å². The lowest BCUT2D eigenvalue weighted by Gasteiger charge is -2.35. The topological polar surface area (TPSA) is 78.7 Å². The molecular weight excluding hydrogens is 342 g/mol. The molecule has 1 amide bonds. The molecule has 1 fully saturated rings. The second-order valence-electron chi connectivity index (χ2n) is 6.90. The van der Waals surface area contributed by atoms with Crippen LogP contribution in [0.3, 0.4) is 0 Å². The van der Waals surface area contributed by atoms with E-state index in [2.05, 4.69) is 30.2 Å². The summed E-state index contributed by atoms with van der Waals surface area (Å²) in [5.74, 6) is 1.63. The quantitative estimate of drug-likeness (QED) is 0.755. The summed E-state index contributed by atoms with van der Waals surface area (Å²) < 4.78 is 1.77. The van der Waals surface area contributed by atoms with Gasteiger partial charge in [-0.15, -0.1) is 0 Å². The number of aromatic nitrogens is 4. The van der Waals surface area contributed by atoms with Crippen molar-refractivity contribution in [3.63, 3.8) is 0 Å². The zero-order valence-electron chi connectivity index (χ0n) is 15.6. The molecule has 0 radical (unpaired) electrons. The Morgan fingerprint density at radius 3 is 2.59 bits per heavy atom. The number of rotatable bonds is 4. The Hall–Kier alpha value is -3.00. The SMILES string of the molecule is Cc1ccc(NC(=O)CN2CCN(c3cc(C)nc4ncnn34)CC2)cc1. The second kappa shape index (κ2) is 7.32. The molecule has 140 valence electrons. The molecule has 3 heterocycles. The molecule has 1 N–H and O–H groups in total. The van der Waals surface area contributed by atoms with Crippen LogP contribution in [0.25, 0.3) is 5.78 Å². The largest absolute Gasteiger partial charge is 0.354 e. The van der Waals surface area contributed by atoms with Crippen LogP contribution in [0.15, 0.2) is 36.7 Å². The van der Waals surface area contributed by atoms with Crippen molar-refractivity contribution >= 4 is 23.2 Å².